The molecule has 0 aliphatic heterocycles. The minimum atomic E-state index is -0.997. The average molecular weight is 378 g/mol. The first-order chi connectivity index (χ1) is 13.5. The molecule has 2 heterocycles. The Balaban J connectivity index is 1.58. The number of amides is 1. The van der Waals surface area contributed by atoms with Gasteiger partial charge in [-0.3, -0.25) is 4.79 Å². The molecule has 0 radical (unpaired) electrons. The molecule has 1 unspecified atom stereocenters. The molecule has 1 N–H and O–H groups in total. The zero-order valence-corrected chi connectivity index (χ0v) is 15.8. The predicted octanol–water partition coefficient (Wildman–Crippen LogP) is 3.19. The maximum absolute atomic E-state index is 12.7. The largest absolute Gasteiger partial charge is 0.444 e. The molecule has 2 aromatic heterocycles. The molecule has 28 heavy (non-hydrogen) atoms. The minimum absolute atomic E-state index is 0.163. The van der Waals surface area contributed by atoms with Crippen molar-refractivity contribution in [2.45, 2.75) is 44.9 Å². The van der Waals surface area contributed by atoms with Gasteiger partial charge in [0, 0.05) is 29.2 Å². The Labute approximate surface area is 162 Å². The number of benzene rings is 1. The molecule has 0 spiro atoms. The summed E-state index contributed by atoms with van der Waals surface area (Å²) in [6, 6.07) is 11.1. The van der Waals surface area contributed by atoms with Gasteiger partial charge in [0.25, 0.3) is 5.91 Å². The smallest absolute Gasteiger partial charge is 0.340 e. The van der Waals surface area contributed by atoms with Gasteiger partial charge in [-0.2, -0.15) is 5.10 Å². The molecule has 4 rings (SSSR count). The molecule has 1 aliphatic carbocycles. The Hall–Kier alpha value is -3.22. The molecular weight excluding hydrogens is 356 g/mol. The Bertz CT molecular complexity index is 1010. The van der Waals surface area contributed by atoms with Crippen LogP contribution in [0.25, 0.3) is 11.0 Å². The molecule has 1 saturated carbocycles. The van der Waals surface area contributed by atoms with Crippen molar-refractivity contribution < 1.29 is 14.3 Å². The number of nitrogens with zero attached hydrogens (tertiary/aromatic N) is 3. The summed E-state index contributed by atoms with van der Waals surface area (Å²) in [6.07, 6.45) is 4.06. The number of ether oxygens (including phenoxy) is 1. The highest BCUT2D eigenvalue weighted by Crippen LogP contribution is 2.25. The number of pyridine rings is 1. The third kappa shape index (κ3) is 3.74. The van der Waals surface area contributed by atoms with Gasteiger partial charge in [0.15, 0.2) is 5.65 Å². The first kappa shape index (κ1) is 18.2. The van der Waals surface area contributed by atoms with E-state index < -0.39 is 12.1 Å². The van der Waals surface area contributed by atoms with E-state index in [0.717, 1.165) is 18.2 Å². The Morgan fingerprint density at radius 3 is 2.61 bits per heavy atom. The van der Waals surface area contributed by atoms with Gasteiger partial charge in [0.2, 0.25) is 6.10 Å². The summed E-state index contributed by atoms with van der Waals surface area (Å²) in [5, 5.41) is 7.97. The van der Waals surface area contributed by atoms with E-state index in [4.69, 9.17) is 4.74 Å². The fraction of sp³-hybridized carbons (Fsp3) is 0.333. The van der Waals surface area contributed by atoms with E-state index in [2.05, 4.69) is 15.4 Å². The van der Waals surface area contributed by atoms with Crippen molar-refractivity contribution in [2.24, 2.45) is 0 Å². The fourth-order valence-electron chi connectivity index (χ4n) is 3.01. The normalized spacial score (nSPS) is 14.8. The lowest BCUT2D eigenvalue weighted by Gasteiger charge is -2.18. The third-order valence-corrected chi connectivity index (χ3v) is 4.65. The lowest BCUT2D eigenvalue weighted by atomic mass is 10.1. The SMILES string of the molecule is CC(C)n1ncc2cc(C(=O)OC(C(=O)NC3CC3)c3ccccc3)cnc21. The second-order valence-electron chi connectivity index (χ2n) is 7.30. The van der Waals surface area contributed by atoms with Crippen LogP contribution in [0.5, 0.6) is 0 Å². The number of nitrogens with one attached hydrogen (secondary N) is 1. The summed E-state index contributed by atoms with van der Waals surface area (Å²) in [7, 11) is 0. The number of hydrogen-bond acceptors (Lipinski definition) is 5. The number of hydrogen-bond donors (Lipinski definition) is 1. The molecule has 144 valence electrons. The van der Waals surface area contributed by atoms with Crippen LogP contribution in [0.3, 0.4) is 0 Å². The van der Waals surface area contributed by atoms with E-state index in [-0.39, 0.29) is 23.6 Å². The highest BCUT2D eigenvalue weighted by atomic mass is 16.5. The van der Waals surface area contributed by atoms with Crippen LogP contribution in [0.1, 0.15) is 54.8 Å². The molecule has 1 atom stereocenters. The lowest BCUT2D eigenvalue weighted by molar-refractivity contribution is -0.130. The van der Waals surface area contributed by atoms with E-state index in [1.54, 1.807) is 29.1 Å². The van der Waals surface area contributed by atoms with Gasteiger partial charge in [0.05, 0.1) is 11.8 Å². The zero-order chi connectivity index (χ0) is 19.7. The lowest BCUT2D eigenvalue weighted by Crippen LogP contribution is -2.33. The summed E-state index contributed by atoms with van der Waals surface area (Å²) in [5.41, 5.74) is 1.63. The molecule has 1 fully saturated rings. The Morgan fingerprint density at radius 1 is 1.18 bits per heavy atom. The van der Waals surface area contributed by atoms with Crippen LogP contribution in [0.4, 0.5) is 0 Å². The summed E-state index contributed by atoms with van der Waals surface area (Å²) < 4.78 is 7.39. The van der Waals surface area contributed by atoms with Crippen molar-refractivity contribution in [3.8, 4) is 0 Å². The number of carbonyl (C=O) groups is 2. The molecule has 1 aromatic carbocycles. The number of aromatic nitrogens is 3. The van der Waals surface area contributed by atoms with E-state index in [9.17, 15) is 9.59 Å². The summed E-state index contributed by atoms with van der Waals surface area (Å²) in [5.74, 6) is -0.893. The number of esters is 1. The summed E-state index contributed by atoms with van der Waals surface area (Å²) >= 11 is 0. The fourth-order valence-corrected chi connectivity index (χ4v) is 3.01. The van der Waals surface area contributed by atoms with Crippen LogP contribution in [0.2, 0.25) is 0 Å². The minimum Gasteiger partial charge on any atom is -0.444 e. The molecule has 7 nitrogen and oxygen atoms in total. The van der Waals surface area contributed by atoms with Crippen molar-refractivity contribution in [1.29, 1.82) is 0 Å². The van der Waals surface area contributed by atoms with Crippen molar-refractivity contribution in [3.05, 3.63) is 59.9 Å². The molecule has 1 amide bonds. The maximum atomic E-state index is 12.7. The van der Waals surface area contributed by atoms with Gasteiger partial charge >= 0.3 is 5.97 Å². The first-order valence-corrected chi connectivity index (χ1v) is 9.42. The quantitative estimate of drug-likeness (QED) is 0.666. The zero-order valence-electron chi connectivity index (χ0n) is 15.8. The van der Waals surface area contributed by atoms with Crippen molar-refractivity contribution in [2.75, 3.05) is 0 Å². The van der Waals surface area contributed by atoms with Crippen LogP contribution in [-0.2, 0) is 9.53 Å². The number of carbonyl (C=O) groups excluding carboxylic acids is 2. The van der Waals surface area contributed by atoms with Crippen molar-refractivity contribution in [1.82, 2.24) is 20.1 Å². The first-order valence-electron chi connectivity index (χ1n) is 9.42. The highest BCUT2D eigenvalue weighted by Gasteiger charge is 2.31. The van der Waals surface area contributed by atoms with Crippen molar-refractivity contribution in [3.63, 3.8) is 0 Å². The van der Waals surface area contributed by atoms with Crippen LogP contribution in [-0.4, -0.2) is 32.7 Å². The van der Waals surface area contributed by atoms with E-state index >= 15 is 0 Å². The molecular formula is C21H22N4O3. The van der Waals surface area contributed by atoms with Crippen LogP contribution in [0, 0.1) is 0 Å². The molecule has 0 bridgehead atoms. The standard InChI is InChI=1S/C21H22N4O3/c1-13(2)25-19-15(12-23-25)10-16(11-22-19)21(27)28-18(14-6-4-3-5-7-14)20(26)24-17-8-9-17/h3-7,10-13,17-18H,8-9H2,1-2H3,(H,24,26). The van der Waals surface area contributed by atoms with Gasteiger partial charge in [-0.25, -0.2) is 14.5 Å². The Morgan fingerprint density at radius 2 is 1.93 bits per heavy atom. The Kier molecular flexibility index (Phi) is 4.81. The maximum Gasteiger partial charge on any atom is 0.340 e. The van der Waals surface area contributed by atoms with Crippen LogP contribution in [0.15, 0.2) is 48.8 Å². The van der Waals surface area contributed by atoms with Gasteiger partial charge in [0.1, 0.15) is 0 Å². The van der Waals surface area contributed by atoms with Gasteiger partial charge < -0.3 is 10.1 Å². The van der Waals surface area contributed by atoms with E-state index in [0.29, 0.717) is 11.2 Å². The van der Waals surface area contributed by atoms with Gasteiger partial charge in [-0.05, 0) is 32.8 Å². The highest BCUT2D eigenvalue weighted by molar-refractivity contribution is 5.95. The van der Waals surface area contributed by atoms with Crippen molar-refractivity contribution >= 4 is 22.9 Å². The molecule has 1 aliphatic rings. The third-order valence-electron chi connectivity index (χ3n) is 4.65. The van der Waals surface area contributed by atoms with Gasteiger partial charge in [-0.15, -0.1) is 0 Å². The molecule has 3 aromatic rings. The molecule has 7 heteroatoms. The summed E-state index contributed by atoms with van der Waals surface area (Å²) in [4.78, 5) is 29.7. The van der Waals surface area contributed by atoms with Crippen LogP contribution >= 0.6 is 0 Å². The molecule has 0 saturated heterocycles. The number of rotatable bonds is 6. The van der Waals surface area contributed by atoms with E-state index in [1.807, 2.05) is 32.0 Å². The van der Waals surface area contributed by atoms with Gasteiger partial charge in [-0.1, -0.05) is 30.3 Å². The average Bonchev–Trinajstić information content (AvgIpc) is 3.40. The topological polar surface area (TPSA) is 86.1 Å². The summed E-state index contributed by atoms with van der Waals surface area (Å²) in [6.45, 7) is 4.03. The number of fused-ring (bicyclic) bond motifs is 1. The van der Waals surface area contributed by atoms with E-state index in [1.165, 1.54) is 6.20 Å². The second-order valence-corrected chi connectivity index (χ2v) is 7.30. The second kappa shape index (κ2) is 7.42. The van der Waals surface area contributed by atoms with Crippen LogP contribution < -0.4 is 5.32 Å². The monoisotopic (exact) mass is 378 g/mol. The predicted molar refractivity (Wildman–Crippen MR) is 104 cm³/mol.